The summed E-state index contributed by atoms with van der Waals surface area (Å²) in [5.41, 5.74) is 9.62. The molecule has 0 unspecified atom stereocenters. The number of rotatable bonds is 6. The molecule has 2 heterocycles. The minimum absolute atomic E-state index is 0.250. The Morgan fingerprint density at radius 1 is 0.632 bits per heavy atom. The second kappa shape index (κ2) is 17.0. The summed E-state index contributed by atoms with van der Waals surface area (Å²) in [6.45, 7) is 14.1. The van der Waals surface area contributed by atoms with Gasteiger partial charge in [-0.3, -0.25) is 0 Å². The van der Waals surface area contributed by atoms with E-state index in [2.05, 4.69) is 104 Å². The monoisotopic (exact) mass is 518 g/mol. The number of hydrogen-bond acceptors (Lipinski definition) is 8. The van der Waals surface area contributed by atoms with Crippen LogP contribution in [0.2, 0.25) is 0 Å². The first kappa shape index (κ1) is 31.5. The van der Waals surface area contributed by atoms with Crippen molar-refractivity contribution in [2.75, 3.05) is 0 Å². The molecule has 0 N–H and O–H groups in total. The second-order valence-corrected chi connectivity index (χ2v) is 8.40. The number of hydrogen-bond donors (Lipinski definition) is 0. The average molecular weight is 519 g/mol. The summed E-state index contributed by atoms with van der Waals surface area (Å²) < 4.78 is 3.95. The molecule has 0 atom stereocenters. The maximum absolute atomic E-state index is 8.12. The van der Waals surface area contributed by atoms with E-state index in [0.29, 0.717) is 0 Å². The van der Waals surface area contributed by atoms with Gasteiger partial charge in [-0.1, -0.05) is 83.9 Å². The summed E-state index contributed by atoms with van der Waals surface area (Å²) in [6, 6.07) is 17.1. The average Bonchev–Trinajstić information content (AvgIpc) is 3.44. The van der Waals surface area contributed by atoms with E-state index in [-0.39, 0.29) is 12.3 Å². The van der Waals surface area contributed by atoms with Crippen molar-refractivity contribution in [2.45, 2.75) is 67.5 Å². The Balaban J connectivity index is 0.000000315. The van der Waals surface area contributed by atoms with E-state index in [9.17, 15) is 0 Å². The Morgan fingerprint density at radius 2 is 1.05 bits per heavy atom. The van der Waals surface area contributed by atoms with Crippen molar-refractivity contribution in [2.24, 2.45) is 0 Å². The molecule has 0 aliphatic carbocycles. The topological polar surface area (TPSA) is 130 Å². The largest absolute Gasteiger partial charge is 0.373 e. The van der Waals surface area contributed by atoms with Gasteiger partial charge in [0, 0.05) is 0 Å². The second-order valence-electron chi connectivity index (χ2n) is 8.40. The highest BCUT2D eigenvalue weighted by molar-refractivity contribution is 5.23. The standard InChI is InChI=1S/2C13H17N3.2CO2/c1-4-13-11(3)16(15-14-13)9-12-7-5-10(2)6-8-12;1-4-13-11(3)14-15-16(13)9-12-7-5-10(2)6-8-12;2*2-1-3/h2*5-8H,4,9H2,1-3H3;;. The van der Waals surface area contributed by atoms with Crippen LogP contribution in [0.5, 0.6) is 0 Å². The van der Waals surface area contributed by atoms with Gasteiger partial charge in [-0.15, -0.1) is 10.2 Å². The molecular formula is C28H34N6O4. The summed E-state index contributed by atoms with van der Waals surface area (Å²) in [7, 11) is 0. The third kappa shape index (κ3) is 10.2. The van der Waals surface area contributed by atoms with Crippen LogP contribution in [-0.2, 0) is 45.1 Å². The number of carbonyl (C=O) groups excluding carboxylic acids is 4. The van der Waals surface area contributed by atoms with Crippen LogP contribution >= 0.6 is 0 Å². The maximum atomic E-state index is 8.12. The fourth-order valence-corrected chi connectivity index (χ4v) is 3.59. The Morgan fingerprint density at radius 3 is 1.45 bits per heavy atom. The molecule has 2 aromatic carbocycles. The Labute approximate surface area is 222 Å². The third-order valence-electron chi connectivity index (χ3n) is 5.69. The Kier molecular flexibility index (Phi) is 14.1. The molecule has 0 radical (unpaired) electrons. The van der Waals surface area contributed by atoms with Gasteiger partial charge in [0.15, 0.2) is 0 Å². The van der Waals surface area contributed by atoms with E-state index in [1.165, 1.54) is 33.6 Å². The first-order chi connectivity index (χ1) is 18.2. The summed E-state index contributed by atoms with van der Waals surface area (Å²) in [5, 5.41) is 16.6. The van der Waals surface area contributed by atoms with Gasteiger partial charge < -0.3 is 0 Å². The highest BCUT2D eigenvalue weighted by Crippen LogP contribution is 2.10. The van der Waals surface area contributed by atoms with Crippen LogP contribution in [0.1, 0.15) is 58.9 Å². The van der Waals surface area contributed by atoms with Crippen LogP contribution < -0.4 is 0 Å². The van der Waals surface area contributed by atoms with Crippen LogP contribution in [0.4, 0.5) is 0 Å². The summed E-state index contributed by atoms with van der Waals surface area (Å²) in [6.07, 6.45) is 2.42. The molecule has 0 aliphatic heterocycles. The van der Waals surface area contributed by atoms with Gasteiger partial charge in [-0.2, -0.15) is 19.2 Å². The molecular weight excluding hydrogens is 484 g/mol. The van der Waals surface area contributed by atoms with Crippen molar-refractivity contribution in [3.63, 3.8) is 0 Å². The predicted molar refractivity (Wildman–Crippen MR) is 139 cm³/mol. The molecule has 0 spiro atoms. The molecule has 0 fully saturated rings. The molecule has 10 heteroatoms. The molecule has 10 nitrogen and oxygen atoms in total. The molecule has 0 saturated heterocycles. The van der Waals surface area contributed by atoms with Crippen LogP contribution in [0.3, 0.4) is 0 Å². The van der Waals surface area contributed by atoms with E-state index >= 15 is 0 Å². The highest BCUT2D eigenvalue weighted by Gasteiger charge is 2.07. The fraction of sp³-hybridized carbons (Fsp3) is 0.357. The Hall–Kier alpha value is -4.52. The van der Waals surface area contributed by atoms with Crippen molar-refractivity contribution >= 4 is 12.3 Å². The SMILES string of the molecule is CCc1c(C)nnn1Cc1ccc(C)cc1.CCc1nnn(Cc2ccc(C)cc2)c1C.O=C=O.O=C=O. The predicted octanol–water partition coefficient (Wildman–Crippen LogP) is 3.84. The van der Waals surface area contributed by atoms with Crippen molar-refractivity contribution in [1.82, 2.24) is 30.0 Å². The third-order valence-corrected chi connectivity index (χ3v) is 5.69. The van der Waals surface area contributed by atoms with E-state index in [4.69, 9.17) is 19.2 Å². The number of nitrogens with zero attached hydrogens (tertiary/aromatic N) is 6. The summed E-state index contributed by atoms with van der Waals surface area (Å²) >= 11 is 0. The van der Waals surface area contributed by atoms with Gasteiger partial charge in [0.1, 0.15) is 0 Å². The lowest BCUT2D eigenvalue weighted by atomic mass is 10.1. The smallest absolute Gasteiger partial charge is 0.245 e. The minimum atomic E-state index is 0.250. The van der Waals surface area contributed by atoms with Gasteiger partial charge in [0.05, 0.1) is 35.9 Å². The molecule has 38 heavy (non-hydrogen) atoms. The van der Waals surface area contributed by atoms with Crippen molar-refractivity contribution in [3.05, 3.63) is 93.6 Å². The fourth-order valence-electron chi connectivity index (χ4n) is 3.59. The van der Waals surface area contributed by atoms with E-state index in [1.54, 1.807) is 0 Å². The molecule has 0 amide bonds. The maximum Gasteiger partial charge on any atom is 0.373 e. The zero-order chi connectivity index (χ0) is 28.5. The van der Waals surface area contributed by atoms with Gasteiger partial charge >= 0.3 is 12.3 Å². The lowest BCUT2D eigenvalue weighted by molar-refractivity contribution is -0.193. The van der Waals surface area contributed by atoms with Gasteiger partial charge in [0.25, 0.3) is 0 Å². The zero-order valence-corrected chi connectivity index (χ0v) is 22.8. The molecule has 200 valence electrons. The van der Waals surface area contributed by atoms with Crippen LogP contribution in [0.15, 0.2) is 48.5 Å². The van der Waals surface area contributed by atoms with Crippen LogP contribution in [0.25, 0.3) is 0 Å². The lowest BCUT2D eigenvalue weighted by Gasteiger charge is -2.05. The van der Waals surface area contributed by atoms with E-state index in [1.807, 2.05) is 16.3 Å². The molecule has 2 aromatic heterocycles. The first-order valence-electron chi connectivity index (χ1n) is 12.1. The van der Waals surface area contributed by atoms with E-state index in [0.717, 1.165) is 37.3 Å². The zero-order valence-electron chi connectivity index (χ0n) is 22.8. The number of aryl methyl sites for hydroxylation is 4. The molecule has 0 saturated carbocycles. The van der Waals surface area contributed by atoms with Crippen molar-refractivity contribution < 1.29 is 19.2 Å². The lowest BCUT2D eigenvalue weighted by Crippen LogP contribution is -2.06. The first-order valence-corrected chi connectivity index (χ1v) is 12.1. The van der Waals surface area contributed by atoms with Crippen LogP contribution in [-0.4, -0.2) is 42.3 Å². The van der Waals surface area contributed by atoms with Gasteiger partial charge in [0.2, 0.25) is 0 Å². The van der Waals surface area contributed by atoms with E-state index < -0.39 is 0 Å². The van der Waals surface area contributed by atoms with Gasteiger partial charge in [-0.05, 0) is 51.7 Å². The highest BCUT2D eigenvalue weighted by atomic mass is 16.2. The van der Waals surface area contributed by atoms with Crippen molar-refractivity contribution in [1.29, 1.82) is 0 Å². The number of aromatic nitrogens is 6. The minimum Gasteiger partial charge on any atom is -0.245 e. The van der Waals surface area contributed by atoms with Crippen molar-refractivity contribution in [3.8, 4) is 0 Å². The Bertz CT molecular complexity index is 1300. The van der Waals surface area contributed by atoms with Gasteiger partial charge in [-0.25, -0.2) is 9.36 Å². The summed E-state index contributed by atoms with van der Waals surface area (Å²) in [5.74, 6) is 0. The summed E-state index contributed by atoms with van der Waals surface area (Å²) in [4.78, 5) is 32.5. The number of benzene rings is 2. The molecule has 0 aliphatic rings. The molecule has 4 rings (SSSR count). The quantitative estimate of drug-likeness (QED) is 0.376. The molecule has 4 aromatic rings. The molecule has 0 bridgehead atoms. The normalized spacial score (nSPS) is 9.42. The van der Waals surface area contributed by atoms with Crippen LogP contribution in [0, 0.1) is 27.7 Å².